The van der Waals surface area contributed by atoms with Crippen LogP contribution < -0.4 is 10.6 Å². The molecule has 3 N–H and O–H groups in total. The van der Waals surface area contributed by atoms with Crippen molar-refractivity contribution in [2.45, 2.75) is 38.1 Å². The van der Waals surface area contributed by atoms with E-state index in [2.05, 4.69) is 15.6 Å². The molecule has 0 radical (unpaired) electrons. The summed E-state index contributed by atoms with van der Waals surface area (Å²) in [4.78, 5) is 17.0. The van der Waals surface area contributed by atoms with E-state index in [0.717, 1.165) is 41.8 Å². The third-order valence-electron chi connectivity index (χ3n) is 6.62. The molecule has 1 aliphatic rings. The summed E-state index contributed by atoms with van der Waals surface area (Å²) in [6.45, 7) is 2.44. The molecule has 184 valence electrons. The van der Waals surface area contributed by atoms with Crippen molar-refractivity contribution in [3.8, 4) is 11.1 Å². The van der Waals surface area contributed by atoms with Gasteiger partial charge in [0.15, 0.2) is 0 Å². The van der Waals surface area contributed by atoms with Crippen molar-refractivity contribution in [1.82, 2.24) is 20.2 Å². The van der Waals surface area contributed by atoms with Crippen LogP contribution in [0.25, 0.3) is 11.1 Å². The first-order valence-electron chi connectivity index (χ1n) is 12.2. The molecule has 1 amide bonds. The maximum absolute atomic E-state index is 14.9. The van der Waals surface area contributed by atoms with E-state index in [0.29, 0.717) is 18.5 Å². The van der Waals surface area contributed by atoms with Gasteiger partial charge in [-0.15, -0.1) is 0 Å². The molecule has 1 heterocycles. The molecule has 4 aromatic rings. The van der Waals surface area contributed by atoms with Crippen LogP contribution >= 0.6 is 0 Å². The highest BCUT2D eigenvalue weighted by molar-refractivity contribution is 5.95. The predicted molar refractivity (Wildman–Crippen MR) is 137 cm³/mol. The van der Waals surface area contributed by atoms with Gasteiger partial charge in [-0.3, -0.25) is 4.79 Å². The second-order valence-electron chi connectivity index (χ2n) is 9.15. The van der Waals surface area contributed by atoms with Crippen LogP contribution in [0.5, 0.6) is 0 Å². The van der Waals surface area contributed by atoms with E-state index in [9.17, 15) is 14.3 Å². The number of aliphatic hydroxyl groups is 1. The fraction of sp³-hybridized carbons (Fsp3) is 0.241. The van der Waals surface area contributed by atoms with E-state index < -0.39 is 23.9 Å². The molecule has 6 nitrogen and oxygen atoms in total. The molecule has 0 bridgehead atoms. The summed E-state index contributed by atoms with van der Waals surface area (Å²) >= 11 is 0. The number of hydrogen-bond acceptors (Lipinski definition) is 4. The summed E-state index contributed by atoms with van der Waals surface area (Å²) in [7, 11) is 0. The molecule has 1 aromatic heterocycles. The first kappa shape index (κ1) is 23.9. The zero-order valence-corrected chi connectivity index (χ0v) is 19.9. The smallest absolute Gasteiger partial charge is 0.254 e. The van der Waals surface area contributed by atoms with E-state index in [1.807, 2.05) is 65.6 Å². The fourth-order valence-corrected chi connectivity index (χ4v) is 4.72. The highest BCUT2D eigenvalue weighted by Crippen LogP contribution is 2.33. The summed E-state index contributed by atoms with van der Waals surface area (Å²) in [5.41, 5.74) is 4.50. The molecule has 2 atom stereocenters. The monoisotopic (exact) mass is 484 g/mol. The average molecular weight is 485 g/mol. The second-order valence-corrected chi connectivity index (χ2v) is 9.15. The van der Waals surface area contributed by atoms with E-state index in [1.54, 1.807) is 12.3 Å². The van der Waals surface area contributed by atoms with Crippen molar-refractivity contribution < 1.29 is 14.3 Å². The summed E-state index contributed by atoms with van der Waals surface area (Å²) < 4.78 is 16.9. The predicted octanol–water partition coefficient (Wildman–Crippen LogP) is 4.26. The van der Waals surface area contributed by atoms with Crippen LogP contribution in [0.1, 0.15) is 39.5 Å². The van der Waals surface area contributed by atoms with Gasteiger partial charge >= 0.3 is 0 Å². The fourth-order valence-electron chi connectivity index (χ4n) is 4.72. The number of nitrogens with zero attached hydrogens (tertiary/aromatic N) is 2. The normalized spacial score (nSPS) is 16.6. The number of halogens is 1. The number of carbonyl (C=O) groups excluding carboxylic acids is 1. The summed E-state index contributed by atoms with van der Waals surface area (Å²) in [6, 6.07) is 19.6. The number of aliphatic hydroxyl groups excluding tert-OH is 1. The Kier molecular flexibility index (Phi) is 7.21. The van der Waals surface area contributed by atoms with Crippen molar-refractivity contribution in [3.63, 3.8) is 0 Å². The first-order chi connectivity index (χ1) is 17.6. The van der Waals surface area contributed by atoms with Crippen LogP contribution in [0, 0.1) is 5.82 Å². The van der Waals surface area contributed by atoms with E-state index in [-0.39, 0.29) is 5.56 Å². The Bertz CT molecular complexity index is 1320. The lowest BCUT2D eigenvalue weighted by Crippen LogP contribution is -2.34. The minimum absolute atomic E-state index is 0.0361. The molecule has 7 heteroatoms. The quantitative estimate of drug-likeness (QED) is 0.310. The molecule has 0 saturated carbocycles. The maximum atomic E-state index is 14.9. The number of aryl methyl sites for hydroxylation is 1. The van der Waals surface area contributed by atoms with E-state index in [1.165, 1.54) is 12.1 Å². The number of carbonyl (C=O) groups is 1. The molecule has 0 aliphatic heterocycles. The van der Waals surface area contributed by atoms with Gasteiger partial charge in [-0.05, 0) is 52.9 Å². The highest BCUT2D eigenvalue weighted by atomic mass is 19.1. The molecule has 5 rings (SSSR count). The lowest BCUT2D eigenvalue weighted by atomic mass is 10.0. The van der Waals surface area contributed by atoms with Gasteiger partial charge < -0.3 is 20.3 Å². The molecule has 0 saturated heterocycles. The molecule has 3 aromatic carbocycles. The van der Waals surface area contributed by atoms with Crippen LogP contribution in [-0.2, 0) is 19.5 Å². The van der Waals surface area contributed by atoms with Gasteiger partial charge in [-0.2, -0.15) is 0 Å². The van der Waals surface area contributed by atoms with Gasteiger partial charge in [0.2, 0.25) is 0 Å². The van der Waals surface area contributed by atoms with Crippen molar-refractivity contribution in [2.75, 3.05) is 6.54 Å². The van der Waals surface area contributed by atoms with E-state index >= 15 is 0 Å². The van der Waals surface area contributed by atoms with Gasteiger partial charge in [-0.1, -0.05) is 54.6 Å². The number of amides is 1. The lowest BCUT2D eigenvalue weighted by molar-refractivity contribution is 0.0854. The number of nitrogens with one attached hydrogen (secondary N) is 2. The van der Waals surface area contributed by atoms with Crippen molar-refractivity contribution >= 4 is 5.91 Å². The molecule has 0 unspecified atom stereocenters. The van der Waals surface area contributed by atoms with Gasteiger partial charge in [0.25, 0.3) is 5.91 Å². The standard InChI is InChI=1S/C29H29FN4O2/c30-26-16-22(21-5-2-1-3-6-21)9-10-24(26)29(36)33-28-25-15-20(7-8-23(25)17-27(28)35)18-31-11-4-13-34-14-12-32-19-34/h1-3,5-10,12,14-16,19,27-28,31,35H,4,11,13,17-18H2,(H,33,36)/t27-,28-/m1/s1. The number of fused-ring (bicyclic) bond motifs is 1. The first-order valence-corrected chi connectivity index (χ1v) is 12.2. The number of hydrogen-bond donors (Lipinski definition) is 3. The molecule has 0 fully saturated rings. The second kappa shape index (κ2) is 10.8. The van der Waals surface area contributed by atoms with Crippen LogP contribution in [0.2, 0.25) is 0 Å². The van der Waals surface area contributed by atoms with E-state index in [4.69, 9.17) is 0 Å². The summed E-state index contributed by atoms with van der Waals surface area (Å²) in [5.74, 6) is -1.12. The minimum atomic E-state index is -0.756. The molecule has 1 aliphatic carbocycles. The Hall–Kier alpha value is -3.81. The Morgan fingerprint density at radius 3 is 2.72 bits per heavy atom. The van der Waals surface area contributed by atoms with Crippen LogP contribution in [-0.4, -0.2) is 33.2 Å². The number of imidazole rings is 1. The lowest BCUT2D eigenvalue weighted by Gasteiger charge is -2.19. The molecule has 0 spiro atoms. The SMILES string of the molecule is O=C(N[C@@H]1c2cc(CNCCCn3ccnc3)ccc2C[C@H]1O)c1ccc(-c2ccccc2)cc1F. The Balaban J connectivity index is 1.22. The van der Waals surface area contributed by atoms with Crippen molar-refractivity contribution in [3.05, 3.63) is 114 Å². The maximum Gasteiger partial charge on any atom is 0.254 e. The van der Waals surface area contributed by atoms with Crippen molar-refractivity contribution in [2.24, 2.45) is 0 Å². The third-order valence-corrected chi connectivity index (χ3v) is 6.62. The minimum Gasteiger partial charge on any atom is -0.390 e. The Morgan fingerprint density at radius 2 is 1.94 bits per heavy atom. The van der Waals surface area contributed by atoms with Crippen LogP contribution in [0.3, 0.4) is 0 Å². The number of rotatable bonds is 9. The molecular formula is C29H29FN4O2. The molecular weight excluding hydrogens is 455 g/mol. The van der Waals surface area contributed by atoms with Gasteiger partial charge in [-0.25, -0.2) is 9.37 Å². The summed E-state index contributed by atoms with van der Waals surface area (Å²) in [5, 5.41) is 17.0. The van der Waals surface area contributed by atoms with Crippen LogP contribution in [0.4, 0.5) is 4.39 Å². The van der Waals surface area contributed by atoms with Crippen molar-refractivity contribution in [1.29, 1.82) is 0 Å². The summed E-state index contributed by atoms with van der Waals surface area (Å²) in [6.07, 6.45) is 6.21. The Labute approximate surface area is 209 Å². The number of benzene rings is 3. The van der Waals surface area contributed by atoms with Gasteiger partial charge in [0.05, 0.1) is 24.0 Å². The topological polar surface area (TPSA) is 79.2 Å². The van der Waals surface area contributed by atoms with Crippen LogP contribution in [0.15, 0.2) is 85.5 Å². The van der Waals surface area contributed by atoms with Gasteiger partial charge in [0, 0.05) is 31.9 Å². The third kappa shape index (κ3) is 5.37. The average Bonchev–Trinajstić information content (AvgIpc) is 3.52. The Morgan fingerprint density at radius 1 is 1.08 bits per heavy atom. The zero-order chi connectivity index (χ0) is 24.9. The largest absolute Gasteiger partial charge is 0.390 e. The highest BCUT2D eigenvalue weighted by Gasteiger charge is 2.33. The zero-order valence-electron chi connectivity index (χ0n) is 19.9. The van der Waals surface area contributed by atoms with Gasteiger partial charge in [0.1, 0.15) is 5.82 Å². The number of aromatic nitrogens is 2. The molecule has 36 heavy (non-hydrogen) atoms.